The van der Waals surface area contributed by atoms with Crippen LogP contribution < -0.4 is 5.73 Å². The molecule has 0 unspecified atom stereocenters. The molecule has 0 saturated heterocycles. The smallest absolute Gasteiger partial charge is 0.352 e. The van der Waals surface area contributed by atoms with Gasteiger partial charge >= 0.3 is 5.97 Å². The van der Waals surface area contributed by atoms with E-state index in [1.54, 1.807) is 18.5 Å². The van der Waals surface area contributed by atoms with E-state index < -0.39 is 5.97 Å². The van der Waals surface area contributed by atoms with Crippen LogP contribution in [0.15, 0.2) is 0 Å². The molecule has 0 aromatic carbocycles. The lowest BCUT2D eigenvalue weighted by Crippen LogP contribution is -2.16. The zero-order valence-electron chi connectivity index (χ0n) is 9.09. The van der Waals surface area contributed by atoms with Gasteiger partial charge in [-0.15, -0.1) is 0 Å². The molecule has 5 heteroatoms. The van der Waals surface area contributed by atoms with Crippen molar-refractivity contribution < 1.29 is 9.90 Å². The lowest BCUT2D eigenvalue weighted by molar-refractivity contribution is 0.0685. The maximum atomic E-state index is 11.0. The summed E-state index contributed by atoms with van der Waals surface area (Å²) in [7, 11) is 1.68. The van der Waals surface area contributed by atoms with E-state index in [9.17, 15) is 4.79 Å². The van der Waals surface area contributed by atoms with Gasteiger partial charge in [0.05, 0.1) is 5.84 Å². The van der Waals surface area contributed by atoms with Crippen LogP contribution in [0.2, 0.25) is 0 Å². The number of nitrogens with two attached hydrogens (primary N) is 1. The van der Waals surface area contributed by atoms with Crippen molar-refractivity contribution in [1.82, 2.24) is 4.57 Å². The summed E-state index contributed by atoms with van der Waals surface area (Å²) in [6.45, 7) is 3.61. The predicted molar refractivity (Wildman–Crippen MR) is 57.5 cm³/mol. The van der Waals surface area contributed by atoms with Gasteiger partial charge < -0.3 is 15.4 Å². The van der Waals surface area contributed by atoms with Gasteiger partial charge in [0.15, 0.2) is 0 Å². The summed E-state index contributed by atoms with van der Waals surface area (Å²) >= 11 is 0. The average molecular weight is 209 g/mol. The molecule has 1 aromatic rings. The first-order chi connectivity index (χ1) is 6.86. The number of carbonyl (C=O) groups is 1. The Hall–Kier alpha value is -1.78. The Morgan fingerprint density at radius 1 is 1.47 bits per heavy atom. The van der Waals surface area contributed by atoms with Gasteiger partial charge in [-0.2, -0.15) is 0 Å². The van der Waals surface area contributed by atoms with E-state index in [1.165, 1.54) is 0 Å². The fourth-order valence-corrected chi connectivity index (χ4v) is 1.77. The monoisotopic (exact) mass is 209 g/mol. The van der Waals surface area contributed by atoms with Gasteiger partial charge in [-0.25, -0.2) is 4.79 Å². The van der Waals surface area contributed by atoms with E-state index in [-0.39, 0.29) is 18.0 Å². The third kappa shape index (κ3) is 1.86. The number of amidine groups is 1. The topological polar surface area (TPSA) is 92.1 Å². The van der Waals surface area contributed by atoms with Crippen LogP contribution in [0.3, 0.4) is 0 Å². The maximum Gasteiger partial charge on any atom is 0.352 e. The Bertz CT molecular complexity index is 432. The summed E-state index contributed by atoms with van der Waals surface area (Å²) < 4.78 is 1.59. The van der Waals surface area contributed by atoms with Crippen LogP contribution >= 0.6 is 0 Å². The van der Waals surface area contributed by atoms with Crippen molar-refractivity contribution in [2.45, 2.75) is 20.3 Å². The molecule has 0 spiro atoms. The maximum absolute atomic E-state index is 11.0. The Labute approximate surface area is 88.0 Å². The van der Waals surface area contributed by atoms with Crippen molar-refractivity contribution in [2.24, 2.45) is 12.8 Å². The van der Waals surface area contributed by atoms with Crippen LogP contribution in [0, 0.1) is 19.3 Å². The minimum atomic E-state index is -0.951. The number of aromatic carboxylic acids is 1. The van der Waals surface area contributed by atoms with E-state index in [1.807, 2.05) is 6.92 Å². The highest BCUT2D eigenvalue weighted by molar-refractivity contribution is 5.89. The van der Waals surface area contributed by atoms with E-state index in [2.05, 4.69) is 0 Å². The summed E-state index contributed by atoms with van der Waals surface area (Å²) in [4.78, 5) is 11.0. The zero-order valence-corrected chi connectivity index (χ0v) is 9.09. The summed E-state index contributed by atoms with van der Waals surface area (Å²) in [6, 6.07) is 0. The fourth-order valence-electron chi connectivity index (χ4n) is 1.77. The molecule has 1 heterocycles. The molecule has 1 aromatic heterocycles. The lowest BCUT2D eigenvalue weighted by Gasteiger charge is -2.04. The SMILES string of the molecule is Cc1c(C)c(C(=O)O)n(C)c1CC(=N)N. The molecule has 4 N–H and O–H groups in total. The molecule has 0 aliphatic heterocycles. The Morgan fingerprint density at radius 2 is 2.00 bits per heavy atom. The van der Waals surface area contributed by atoms with Crippen molar-refractivity contribution in [3.63, 3.8) is 0 Å². The minimum absolute atomic E-state index is 0.0376. The molecule has 1 rings (SSSR count). The number of nitrogens with zero attached hydrogens (tertiary/aromatic N) is 1. The Balaban J connectivity index is 3.36. The number of carboxylic acids is 1. The molecule has 5 nitrogen and oxygen atoms in total. The molecule has 0 radical (unpaired) electrons. The van der Waals surface area contributed by atoms with Gasteiger partial charge in [0.2, 0.25) is 0 Å². The molecule has 0 atom stereocenters. The fraction of sp³-hybridized carbons (Fsp3) is 0.400. The van der Waals surface area contributed by atoms with Crippen molar-refractivity contribution in [3.05, 3.63) is 22.5 Å². The summed E-state index contributed by atoms with van der Waals surface area (Å²) in [5.74, 6) is -0.913. The highest BCUT2D eigenvalue weighted by Gasteiger charge is 2.19. The first-order valence-electron chi connectivity index (χ1n) is 4.57. The largest absolute Gasteiger partial charge is 0.477 e. The van der Waals surface area contributed by atoms with Crippen molar-refractivity contribution >= 4 is 11.8 Å². The quantitative estimate of drug-likeness (QED) is 0.508. The third-order valence-corrected chi connectivity index (χ3v) is 2.65. The molecule has 0 aliphatic rings. The second-order valence-electron chi connectivity index (χ2n) is 3.61. The van der Waals surface area contributed by atoms with Crippen molar-refractivity contribution in [1.29, 1.82) is 5.41 Å². The van der Waals surface area contributed by atoms with Gasteiger partial charge in [0.1, 0.15) is 5.69 Å². The van der Waals surface area contributed by atoms with Crippen LogP contribution in [0.25, 0.3) is 0 Å². The molecule has 15 heavy (non-hydrogen) atoms. The van der Waals surface area contributed by atoms with E-state index in [0.717, 1.165) is 16.8 Å². The van der Waals surface area contributed by atoms with Gasteiger partial charge in [-0.05, 0) is 25.0 Å². The number of nitrogens with one attached hydrogen (secondary N) is 1. The molecule has 0 bridgehead atoms. The first-order valence-corrected chi connectivity index (χ1v) is 4.57. The molecular formula is C10H15N3O2. The van der Waals surface area contributed by atoms with Gasteiger partial charge in [-0.3, -0.25) is 5.41 Å². The summed E-state index contributed by atoms with van der Waals surface area (Å²) in [5.41, 5.74) is 8.01. The van der Waals surface area contributed by atoms with Gasteiger partial charge in [-0.1, -0.05) is 0 Å². The molecule has 82 valence electrons. The number of hydrogen-bond acceptors (Lipinski definition) is 2. The van der Waals surface area contributed by atoms with E-state index >= 15 is 0 Å². The first kappa shape index (κ1) is 11.3. The van der Waals surface area contributed by atoms with Gasteiger partial charge in [0, 0.05) is 19.2 Å². The normalized spacial score (nSPS) is 10.3. The van der Waals surface area contributed by atoms with E-state index in [4.69, 9.17) is 16.2 Å². The zero-order chi connectivity index (χ0) is 11.7. The van der Waals surface area contributed by atoms with E-state index in [0.29, 0.717) is 0 Å². The standard InChI is InChI=1S/C10H15N3O2/c1-5-6(2)9(10(14)15)13(3)7(5)4-8(11)12/h4H2,1-3H3,(H3,11,12)(H,14,15). The Morgan fingerprint density at radius 3 is 2.33 bits per heavy atom. The predicted octanol–water partition coefficient (Wildman–Crippen LogP) is 0.819. The number of aromatic nitrogens is 1. The number of rotatable bonds is 3. The van der Waals surface area contributed by atoms with Gasteiger partial charge in [0.25, 0.3) is 0 Å². The second-order valence-corrected chi connectivity index (χ2v) is 3.61. The van der Waals surface area contributed by atoms with Crippen LogP contribution in [0.1, 0.15) is 27.3 Å². The molecule has 0 amide bonds. The second kappa shape index (κ2) is 3.76. The molecule has 0 aliphatic carbocycles. The molecule has 0 saturated carbocycles. The average Bonchev–Trinajstić information content (AvgIpc) is 2.29. The molecule has 0 fully saturated rings. The van der Waals surface area contributed by atoms with Crippen LogP contribution in [0.5, 0.6) is 0 Å². The summed E-state index contributed by atoms with van der Waals surface area (Å²) in [5, 5.41) is 16.2. The third-order valence-electron chi connectivity index (χ3n) is 2.65. The Kier molecular flexibility index (Phi) is 2.83. The highest BCUT2D eigenvalue weighted by Crippen LogP contribution is 2.21. The summed E-state index contributed by atoms with van der Waals surface area (Å²) in [6.07, 6.45) is 0.288. The van der Waals surface area contributed by atoms with Crippen LogP contribution in [0.4, 0.5) is 0 Å². The van der Waals surface area contributed by atoms with Crippen molar-refractivity contribution in [2.75, 3.05) is 0 Å². The lowest BCUT2D eigenvalue weighted by atomic mass is 10.1. The van der Waals surface area contributed by atoms with Crippen LogP contribution in [-0.2, 0) is 13.5 Å². The number of carboxylic acid groups (broad SMARTS) is 1. The minimum Gasteiger partial charge on any atom is -0.477 e. The van der Waals surface area contributed by atoms with Crippen LogP contribution in [-0.4, -0.2) is 21.5 Å². The highest BCUT2D eigenvalue weighted by atomic mass is 16.4. The molecular weight excluding hydrogens is 194 g/mol. The number of hydrogen-bond donors (Lipinski definition) is 3. The van der Waals surface area contributed by atoms with Crippen molar-refractivity contribution in [3.8, 4) is 0 Å².